The van der Waals surface area contributed by atoms with Crippen LogP contribution in [0, 0.1) is 5.92 Å². The third-order valence-electron chi connectivity index (χ3n) is 5.26. The third kappa shape index (κ3) is 6.39. The number of amides is 1. The Morgan fingerprint density at radius 1 is 1.14 bits per heavy atom. The van der Waals surface area contributed by atoms with E-state index in [1.54, 1.807) is 0 Å². The van der Waals surface area contributed by atoms with E-state index in [1.165, 1.54) is 11.9 Å². The number of piperidine rings is 1. The van der Waals surface area contributed by atoms with Crippen LogP contribution in [0.2, 0.25) is 0 Å². The summed E-state index contributed by atoms with van der Waals surface area (Å²) in [5.41, 5.74) is 1.26. The van der Waals surface area contributed by atoms with Gasteiger partial charge in [-0.25, -0.2) is 15.0 Å². The molecule has 0 bridgehead atoms. The molecule has 8 nitrogen and oxygen atoms in total. The Bertz CT molecular complexity index is 803. The minimum Gasteiger partial charge on any atom is -0.373 e. The first-order valence-electron chi connectivity index (χ1n) is 10.2. The summed E-state index contributed by atoms with van der Waals surface area (Å²) in [7, 11) is 5.70. The molecule has 29 heavy (non-hydrogen) atoms. The van der Waals surface area contributed by atoms with Crippen LogP contribution in [0.25, 0.3) is 0 Å². The highest BCUT2D eigenvalue weighted by atomic mass is 16.2. The van der Waals surface area contributed by atoms with Crippen molar-refractivity contribution in [3.63, 3.8) is 0 Å². The van der Waals surface area contributed by atoms with Gasteiger partial charge in [0.2, 0.25) is 5.91 Å². The maximum Gasteiger partial charge on any atom is 0.236 e. The molecule has 1 aliphatic rings. The SMILES string of the molecule is CNc1cc(Nc2cc(CCC3CCN(C(=O)CN(C)C)CC3)ccn2)ncn1. The van der Waals surface area contributed by atoms with E-state index in [-0.39, 0.29) is 5.91 Å². The molecule has 2 aromatic heterocycles. The van der Waals surface area contributed by atoms with Gasteiger partial charge in [0.1, 0.15) is 23.8 Å². The fourth-order valence-corrected chi connectivity index (χ4v) is 3.60. The van der Waals surface area contributed by atoms with E-state index in [1.807, 2.05) is 43.2 Å². The summed E-state index contributed by atoms with van der Waals surface area (Å²) in [5, 5.41) is 6.24. The van der Waals surface area contributed by atoms with Crippen molar-refractivity contribution < 1.29 is 4.79 Å². The largest absolute Gasteiger partial charge is 0.373 e. The van der Waals surface area contributed by atoms with Crippen molar-refractivity contribution in [2.24, 2.45) is 5.92 Å². The number of aromatic nitrogens is 3. The van der Waals surface area contributed by atoms with E-state index < -0.39 is 0 Å². The van der Waals surface area contributed by atoms with Gasteiger partial charge in [0, 0.05) is 32.4 Å². The van der Waals surface area contributed by atoms with E-state index >= 15 is 0 Å². The molecule has 0 aromatic carbocycles. The molecular formula is C21H31N7O. The highest BCUT2D eigenvalue weighted by Crippen LogP contribution is 2.23. The maximum atomic E-state index is 12.2. The van der Waals surface area contributed by atoms with E-state index in [0.29, 0.717) is 18.3 Å². The Labute approximate surface area is 172 Å². The first kappa shape index (κ1) is 21.0. The van der Waals surface area contributed by atoms with Gasteiger partial charge in [-0.3, -0.25) is 4.79 Å². The number of anilines is 3. The monoisotopic (exact) mass is 397 g/mol. The van der Waals surface area contributed by atoms with Crippen LogP contribution >= 0.6 is 0 Å². The summed E-state index contributed by atoms with van der Waals surface area (Å²) in [5.74, 6) is 3.16. The molecule has 0 unspecified atom stereocenters. The first-order valence-corrected chi connectivity index (χ1v) is 10.2. The van der Waals surface area contributed by atoms with Gasteiger partial charge in [-0.2, -0.15) is 0 Å². The van der Waals surface area contributed by atoms with Gasteiger partial charge in [0.25, 0.3) is 0 Å². The third-order valence-corrected chi connectivity index (χ3v) is 5.26. The Hall–Kier alpha value is -2.74. The van der Waals surface area contributed by atoms with E-state index in [0.717, 1.165) is 50.4 Å². The number of carbonyl (C=O) groups excluding carboxylic acids is 1. The number of nitrogens with one attached hydrogen (secondary N) is 2. The lowest BCUT2D eigenvalue weighted by Crippen LogP contribution is -2.42. The quantitative estimate of drug-likeness (QED) is 0.707. The lowest BCUT2D eigenvalue weighted by Gasteiger charge is -2.32. The molecule has 1 fully saturated rings. The smallest absolute Gasteiger partial charge is 0.236 e. The molecule has 1 amide bonds. The zero-order valence-electron chi connectivity index (χ0n) is 17.6. The van der Waals surface area contributed by atoms with Crippen molar-refractivity contribution >= 4 is 23.4 Å². The standard InChI is InChI=1S/C21H31N7O/c1-22-18-13-20(25-15-24-18)26-19-12-17(6-9-23-19)5-4-16-7-10-28(11-8-16)21(29)14-27(2)3/h6,9,12-13,15-16H,4-5,7-8,10-11,14H2,1-3H3,(H2,22,23,24,25,26). The lowest BCUT2D eigenvalue weighted by molar-refractivity contribution is -0.133. The predicted molar refractivity (Wildman–Crippen MR) is 115 cm³/mol. The number of carbonyl (C=O) groups is 1. The Balaban J connectivity index is 1.48. The second-order valence-electron chi connectivity index (χ2n) is 7.81. The molecule has 0 atom stereocenters. The minimum absolute atomic E-state index is 0.240. The number of hydrogen-bond acceptors (Lipinski definition) is 7. The molecular weight excluding hydrogens is 366 g/mol. The van der Waals surface area contributed by atoms with Gasteiger partial charge in [-0.15, -0.1) is 0 Å². The van der Waals surface area contributed by atoms with Crippen molar-refractivity contribution in [3.8, 4) is 0 Å². The predicted octanol–water partition coefficient (Wildman–Crippen LogP) is 2.39. The van der Waals surface area contributed by atoms with Gasteiger partial charge in [0.15, 0.2) is 0 Å². The van der Waals surface area contributed by atoms with Crippen LogP contribution in [-0.4, -0.2) is 71.4 Å². The molecule has 0 radical (unpaired) electrons. The first-order chi connectivity index (χ1) is 14.0. The van der Waals surface area contributed by atoms with Crippen molar-refractivity contribution in [3.05, 3.63) is 36.3 Å². The average molecular weight is 398 g/mol. The van der Waals surface area contributed by atoms with Gasteiger partial charge in [-0.05, 0) is 63.4 Å². The van der Waals surface area contributed by atoms with Crippen LogP contribution in [0.15, 0.2) is 30.7 Å². The van der Waals surface area contributed by atoms with Gasteiger partial charge in [0.05, 0.1) is 6.54 Å². The Kier molecular flexibility index (Phi) is 7.35. The number of pyridine rings is 1. The molecule has 2 N–H and O–H groups in total. The highest BCUT2D eigenvalue weighted by Gasteiger charge is 2.22. The fraction of sp³-hybridized carbons (Fsp3) is 0.524. The molecule has 1 aliphatic heterocycles. The van der Waals surface area contributed by atoms with Crippen LogP contribution in [0.4, 0.5) is 17.5 Å². The molecule has 1 saturated heterocycles. The second kappa shape index (κ2) is 10.2. The van der Waals surface area contributed by atoms with Crippen LogP contribution in [0.3, 0.4) is 0 Å². The van der Waals surface area contributed by atoms with Gasteiger partial charge < -0.3 is 20.4 Å². The summed E-state index contributed by atoms with van der Waals surface area (Å²) >= 11 is 0. The topological polar surface area (TPSA) is 86.3 Å². The van der Waals surface area contributed by atoms with Crippen molar-refractivity contribution in [1.29, 1.82) is 0 Å². The molecule has 0 spiro atoms. The zero-order chi connectivity index (χ0) is 20.6. The maximum absolute atomic E-state index is 12.2. The number of likely N-dealkylation sites (tertiary alicyclic amines) is 1. The summed E-state index contributed by atoms with van der Waals surface area (Å²) < 4.78 is 0. The second-order valence-corrected chi connectivity index (χ2v) is 7.81. The number of aryl methyl sites for hydroxylation is 1. The van der Waals surface area contributed by atoms with Crippen molar-refractivity contribution in [2.75, 3.05) is 51.4 Å². The normalized spacial score (nSPS) is 14.8. The van der Waals surface area contributed by atoms with E-state index in [4.69, 9.17) is 0 Å². The Morgan fingerprint density at radius 3 is 2.59 bits per heavy atom. The molecule has 156 valence electrons. The van der Waals surface area contributed by atoms with Crippen LogP contribution in [0.1, 0.15) is 24.8 Å². The summed E-state index contributed by atoms with van der Waals surface area (Å²) in [6.07, 6.45) is 7.68. The zero-order valence-corrected chi connectivity index (χ0v) is 17.6. The number of rotatable bonds is 8. The van der Waals surface area contributed by atoms with Crippen molar-refractivity contribution in [1.82, 2.24) is 24.8 Å². The Morgan fingerprint density at radius 2 is 1.86 bits per heavy atom. The summed E-state index contributed by atoms with van der Waals surface area (Å²) in [4.78, 5) is 28.9. The summed E-state index contributed by atoms with van der Waals surface area (Å²) in [6, 6.07) is 6.00. The van der Waals surface area contributed by atoms with Crippen LogP contribution in [0.5, 0.6) is 0 Å². The number of likely N-dealkylation sites (N-methyl/N-ethyl adjacent to an activating group) is 1. The molecule has 0 saturated carbocycles. The number of nitrogens with zero attached hydrogens (tertiary/aromatic N) is 5. The highest BCUT2D eigenvalue weighted by molar-refractivity contribution is 5.78. The summed E-state index contributed by atoms with van der Waals surface area (Å²) in [6.45, 7) is 2.25. The van der Waals surface area contributed by atoms with Gasteiger partial charge >= 0.3 is 0 Å². The van der Waals surface area contributed by atoms with Crippen LogP contribution < -0.4 is 10.6 Å². The molecule has 2 aromatic rings. The molecule has 3 rings (SSSR count). The molecule has 0 aliphatic carbocycles. The van der Waals surface area contributed by atoms with Crippen LogP contribution in [-0.2, 0) is 11.2 Å². The number of hydrogen-bond donors (Lipinski definition) is 2. The molecule has 3 heterocycles. The van der Waals surface area contributed by atoms with Gasteiger partial charge in [-0.1, -0.05) is 0 Å². The lowest BCUT2D eigenvalue weighted by atomic mass is 9.90. The average Bonchev–Trinajstić information content (AvgIpc) is 2.72. The molecule has 8 heteroatoms. The van der Waals surface area contributed by atoms with E-state index in [9.17, 15) is 4.79 Å². The van der Waals surface area contributed by atoms with Crippen molar-refractivity contribution in [2.45, 2.75) is 25.7 Å². The fourth-order valence-electron chi connectivity index (χ4n) is 3.60. The van der Waals surface area contributed by atoms with E-state index in [2.05, 4.69) is 37.7 Å². The minimum atomic E-state index is 0.240.